The van der Waals surface area contributed by atoms with Crippen LogP contribution in [-0.4, -0.2) is 42.0 Å². The molecule has 0 aliphatic carbocycles. The van der Waals surface area contributed by atoms with E-state index in [2.05, 4.69) is 17.4 Å². The van der Waals surface area contributed by atoms with E-state index in [1.165, 1.54) is 0 Å². The highest BCUT2D eigenvalue weighted by Crippen LogP contribution is 2.25. The summed E-state index contributed by atoms with van der Waals surface area (Å²) in [6.07, 6.45) is 0. The molecule has 26 heavy (non-hydrogen) atoms. The largest absolute Gasteiger partial charge is 0.336 e. The molecule has 5 heteroatoms. The summed E-state index contributed by atoms with van der Waals surface area (Å²) in [4.78, 5) is 28.4. The minimum atomic E-state index is -0.476. The minimum Gasteiger partial charge on any atom is -0.336 e. The average molecular weight is 351 g/mol. The average Bonchev–Trinajstić information content (AvgIpc) is 2.64. The van der Waals surface area contributed by atoms with Crippen molar-refractivity contribution in [1.82, 2.24) is 10.2 Å². The Morgan fingerprint density at radius 3 is 2.23 bits per heavy atom. The molecule has 1 atom stereocenters. The highest BCUT2D eigenvalue weighted by atomic mass is 16.2. The number of nitrogens with zero attached hydrogens (tertiary/aromatic N) is 2. The molecule has 1 aliphatic heterocycles. The lowest BCUT2D eigenvalue weighted by Crippen LogP contribution is -2.60. The maximum absolute atomic E-state index is 12.8. The second kappa shape index (κ2) is 7.60. The van der Waals surface area contributed by atoms with Gasteiger partial charge in [-0.05, 0) is 44.0 Å². The number of urea groups is 1. The van der Waals surface area contributed by atoms with Crippen molar-refractivity contribution in [2.24, 2.45) is 0 Å². The number of rotatable bonds is 3. The van der Waals surface area contributed by atoms with Gasteiger partial charge in [-0.15, -0.1) is 0 Å². The van der Waals surface area contributed by atoms with Crippen molar-refractivity contribution in [2.75, 3.05) is 18.0 Å². The quantitative estimate of drug-likeness (QED) is 0.920. The van der Waals surface area contributed by atoms with Gasteiger partial charge in [0.25, 0.3) is 0 Å². The standard InChI is InChI=1S/C21H25N3O2/c1-15(2)22-21(26)23-13-14-24(20(25)16(23)3)19-11-9-18(10-12-19)17-7-5-4-6-8-17/h4-12,15-16H,13-14H2,1-3H3,(H,22,26)/t16-/m1/s1. The van der Waals surface area contributed by atoms with E-state index in [1.807, 2.05) is 56.3 Å². The maximum atomic E-state index is 12.8. The third-order valence-electron chi connectivity index (χ3n) is 4.61. The monoisotopic (exact) mass is 351 g/mol. The van der Waals surface area contributed by atoms with Gasteiger partial charge in [-0.3, -0.25) is 4.79 Å². The molecule has 1 aliphatic rings. The lowest BCUT2D eigenvalue weighted by atomic mass is 10.0. The Labute approximate surface area is 154 Å². The molecule has 0 saturated carbocycles. The van der Waals surface area contributed by atoms with E-state index < -0.39 is 6.04 Å². The molecule has 1 heterocycles. The smallest absolute Gasteiger partial charge is 0.318 e. The van der Waals surface area contributed by atoms with Gasteiger partial charge in [-0.2, -0.15) is 0 Å². The van der Waals surface area contributed by atoms with Crippen molar-refractivity contribution in [1.29, 1.82) is 0 Å². The Morgan fingerprint density at radius 1 is 1.00 bits per heavy atom. The van der Waals surface area contributed by atoms with Crippen molar-refractivity contribution >= 4 is 17.6 Å². The van der Waals surface area contributed by atoms with Crippen LogP contribution in [0, 0.1) is 0 Å². The number of hydrogen-bond acceptors (Lipinski definition) is 2. The first-order chi connectivity index (χ1) is 12.5. The highest BCUT2D eigenvalue weighted by Gasteiger charge is 2.35. The highest BCUT2D eigenvalue weighted by molar-refractivity contribution is 6.00. The van der Waals surface area contributed by atoms with Crippen LogP contribution >= 0.6 is 0 Å². The van der Waals surface area contributed by atoms with Gasteiger partial charge in [0.1, 0.15) is 6.04 Å². The Balaban J connectivity index is 1.73. The van der Waals surface area contributed by atoms with Crippen LogP contribution in [0.15, 0.2) is 54.6 Å². The molecular weight excluding hydrogens is 326 g/mol. The van der Waals surface area contributed by atoms with Crippen molar-refractivity contribution in [3.8, 4) is 11.1 Å². The van der Waals surface area contributed by atoms with Gasteiger partial charge >= 0.3 is 6.03 Å². The fraction of sp³-hybridized carbons (Fsp3) is 0.333. The van der Waals surface area contributed by atoms with Gasteiger partial charge in [-0.1, -0.05) is 42.5 Å². The van der Waals surface area contributed by atoms with E-state index in [0.29, 0.717) is 13.1 Å². The molecule has 1 N–H and O–H groups in total. The molecule has 2 aromatic rings. The summed E-state index contributed by atoms with van der Waals surface area (Å²) in [5.41, 5.74) is 3.13. The van der Waals surface area contributed by atoms with Crippen molar-refractivity contribution in [3.63, 3.8) is 0 Å². The minimum absolute atomic E-state index is 0.0494. The van der Waals surface area contributed by atoms with Crippen LogP contribution in [0.1, 0.15) is 20.8 Å². The van der Waals surface area contributed by atoms with E-state index in [9.17, 15) is 9.59 Å². The molecule has 136 valence electrons. The molecule has 0 aromatic heterocycles. The summed E-state index contributed by atoms with van der Waals surface area (Å²) >= 11 is 0. The fourth-order valence-corrected chi connectivity index (χ4v) is 3.20. The van der Waals surface area contributed by atoms with Crippen molar-refractivity contribution < 1.29 is 9.59 Å². The van der Waals surface area contributed by atoms with Crippen LogP contribution in [0.25, 0.3) is 11.1 Å². The SMILES string of the molecule is CC(C)NC(=O)N1CCN(c2ccc(-c3ccccc3)cc2)C(=O)[C@H]1C. The molecule has 3 rings (SSSR count). The van der Waals surface area contributed by atoms with Crippen molar-refractivity contribution in [2.45, 2.75) is 32.9 Å². The summed E-state index contributed by atoms with van der Waals surface area (Å²) in [6, 6.07) is 17.5. The number of amides is 3. The fourth-order valence-electron chi connectivity index (χ4n) is 3.20. The number of nitrogens with one attached hydrogen (secondary N) is 1. The first-order valence-electron chi connectivity index (χ1n) is 9.01. The van der Waals surface area contributed by atoms with Gasteiger partial charge in [0.2, 0.25) is 5.91 Å². The second-order valence-electron chi connectivity index (χ2n) is 6.88. The Hall–Kier alpha value is -2.82. The molecule has 0 unspecified atom stereocenters. The number of carbonyl (C=O) groups excluding carboxylic acids is 2. The van der Waals surface area contributed by atoms with Gasteiger partial charge in [0.15, 0.2) is 0 Å². The Kier molecular flexibility index (Phi) is 5.26. The molecule has 0 bridgehead atoms. The van der Waals surface area contributed by atoms with E-state index in [0.717, 1.165) is 16.8 Å². The van der Waals surface area contributed by atoms with Crippen LogP contribution in [0.4, 0.5) is 10.5 Å². The van der Waals surface area contributed by atoms with Crippen LogP contribution in [0.3, 0.4) is 0 Å². The van der Waals surface area contributed by atoms with Crippen LogP contribution in [-0.2, 0) is 4.79 Å². The molecule has 0 radical (unpaired) electrons. The summed E-state index contributed by atoms with van der Waals surface area (Å²) < 4.78 is 0. The zero-order valence-corrected chi connectivity index (χ0v) is 15.5. The third kappa shape index (κ3) is 3.72. The van der Waals surface area contributed by atoms with E-state index >= 15 is 0 Å². The molecule has 5 nitrogen and oxygen atoms in total. The number of piperazine rings is 1. The van der Waals surface area contributed by atoms with Gasteiger partial charge < -0.3 is 15.1 Å². The van der Waals surface area contributed by atoms with Gasteiger partial charge in [0.05, 0.1) is 0 Å². The predicted octanol–water partition coefficient (Wildman–Crippen LogP) is 3.51. The second-order valence-corrected chi connectivity index (χ2v) is 6.88. The third-order valence-corrected chi connectivity index (χ3v) is 4.61. The first kappa shape index (κ1) is 18.0. The molecule has 2 aromatic carbocycles. The van der Waals surface area contributed by atoms with E-state index in [4.69, 9.17) is 0 Å². The topological polar surface area (TPSA) is 52.7 Å². The van der Waals surface area contributed by atoms with Gasteiger partial charge in [0, 0.05) is 24.8 Å². The number of carbonyl (C=O) groups is 2. The lowest BCUT2D eigenvalue weighted by Gasteiger charge is -2.39. The molecular formula is C21H25N3O2. The summed E-state index contributed by atoms with van der Waals surface area (Å²) in [7, 11) is 0. The Bertz CT molecular complexity index is 772. The van der Waals surface area contributed by atoms with Crippen LogP contribution < -0.4 is 10.2 Å². The summed E-state index contributed by atoms with van der Waals surface area (Å²) in [5, 5.41) is 2.86. The summed E-state index contributed by atoms with van der Waals surface area (Å²) in [5.74, 6) is -0.0531. The van der Waals surface area contributed by atoms with E-state index in [-0.39, 0.29) is 18.0 Å². The van der Waals surface area contributed by atoms with Gasteiger partial charge in [-0.25, -0.2) is 4.79 Å². The summed E-state index contributed by atoms with van der Waals surface area (Å²) in [6.45, 7) is 6.63. The zero-order valence-electron chi connectivity index (χ0n) is 15.5. The number of anilines is 1. The number of benzene rings is 2. The van der Waals surface area contributed by atoms with Crippen LogP contribution in [0.2, 0.25) is 0 Å². The van der Waals surface area contributed by atoms with E-state index in [1.54, 1.807) is 16.7 Å². The molecule has 1 fully saturated rings. The Morgan fingerprint density at radius 2 is 1.62 bits per heavy atom. The lowest BCUT2D eigenvalue weighted by molar-refractivity contribution is -0.124. The number of hydrogen-bond donors (Lipinski definition) is 1. The molecule has 1 saturated heterocycles. The predicted molar refractivity (Wildman–Crippen MR) is 104 cm³/mol. The van der Waals surface area contributed by atoms with Crippen molar-refractivity contribution in [3.05, 3.63) is 54.6 Å². The zero-order chi connectivity index (χ0) is 18.7. The van der Waals surface area contributed by atoms with Crippen LogP contribution in [0.5, 0.6) is 0 Å². The maximum Gasteiger partial charge on any atom is 0.318 e. The normalized spacial score (nSPS) is 17.5. The first-order valence-corrected chi connectivity index (χ1v) is 9.01. The molecule has 3 amide bonds. The molecule has 0 spiro atoms.